The van der Waals surface area contributed by atoms with Crippen molar-refractivity contribution < 1.29 is 19.1 Å². The molecule has 5 nitrogen and oxygen atoms in total. The second-order valence-electron chi connectivity index (χ2n) is 13.3. The lowest BCUT2D eigenvalue weighted by atomic mass is 10.0. The van der Waals surface area contributed by atoms with E-state index in [0.717, 1.165) is 32.3 Å². The van der Waals surface area contributed by atoms with Gasteiger partial charge in [0, 0.05) is 19.3 Å². The summed E-state index contributed by atoms with van der Waals surface area (Å²) in [4.78, 5) is 15.0. The zero-order valence-corrected chi connectivity index (χ0v) is 28.0. The fourth-order valence-electron chi connectivity index (χ4n) is 5.20. The molecule has 1 N–H and O–H groups in total. The molecule has 0 radical (unpaired) electrons. The van der Waals surface area contributed by atoms with Crippen LogP contribution in [0.5, 0.6) is 0 Å². The van der Waals surface area contributed by atoms with Crippen LogP contribution in [0.4, 0.5) is 4.79 Å². The zero-order valence-electron chi connectivity index (χ0n) is 26.0. The number of hydrogen-bond donors (Lipinski definition) is 1. The van der Waals surface area contributed by atoms with Crippen molar-refractivity contribution in [3.8, 4) is 11.5 Å². The zero-order chi connectivity index (χ0) is 28.3. The molecule has 212 valence electrons. The lowest BCUT2D eigenvalue weighted by Gasteiger charge is -2.42. The summed E-state index contributed by atoms with van der Waals surface area (Å²) < 4.78 is 12.5. The van der Waals surface area contributed by atoms with Gasteiger partial charge in [0.15, 0.2) is 8.32 Å². The maximum absolute atomic E-state index is 13.2. The van der Waals surface area contributed by atoms with Crippen molar-refractivity contribution in [2.75, 3.05) is 13.2 Å². The number of unbranched alkanes of at least 4 members (excludes halogenated alkanes) is 2. The predicted octanol–water partition coefficient (Wildman–Crippen LogP) is 8.00. The number of amides is 1. The number of hydrogen-bond acceptors (Lipinski definition) is 4. The molecule has 0 aliphatic carbocycles. The maximum atomic E-state index is 13.2. The Labute approximate surface area is 226 Å². The number of rotatable bonds is 14. The average molecular weight is 542 g/mol. The van der Waals surface area contributed by atoms with Crippen molar-refractivity contribution in [2.45, 2.75) is 155 Å². The van der Waals surface area contributed by atoms with E-state index in [1.165, 1.54) is 0 Å². The lowest BCUT2D eigenvalue weighted by molar-refractivity contribution is 0.00893. The van der Waals surface area contributed by atoms with Gasteiger partial charge in [0.2, 0.25) is 0 Å². The van der Waals surface area contributed by atoms with Crippen LogP contribution in [0.25, 0.3) is 0 Å². The molecule has 0 saturated carbocycles. The van der Waals surface area contributed by atoms with E-state index < -0.39 is 22.0 Å². The summed E-state index contributed by atoms with van der Waals surface area (Å²) in [5.74, 6) is 3.46. The van der Waals surface area contributed by atoms with Gasteiger partial charge in [-0.2, -0.15) is 0 Å². The predicted molar refractivity (Wildman–Crippen MR) is 160 cm³/mol. The molecule has 0 aliphatic heterocycles. The van der Waals surface area contributed by atoms with Gasteiger partial charge in [0.1, 0.15) is 13.7 Å². The van der Waals surface area contributed by atoms with E-state index in [1.54, 1.807) is 4.90 Å². The number of ether oxygens (including phenoxy) is 1. The summed E-state index contributed by atoms with van der Waals surface area (Å²) in [6.07, 6.45) is 3.99. The third-order valence-corrected chi connectivity index (χ3v) is 13.8. The Bertz CT molecular complexity index is 677. The van der Waals surface area contributed by atoms with Crippen LogP contribution in [0.3, 0.4) is 0 Å². The molecule has 0 aromatic heterocycles. The molecule has 7 heteroatoms. The van der Waals surface area contributed by atoms with Gasteiger partial charge in [0.25, 0.3) is 0 Å². The van der Waals surface area contributed by atoms with E-state index >= 15 is 0 Å². The number of aliphatic hydroxyl groups is 1. The highest BCUT2D eigenvalue weighted by Gasteiger charge is 2.44. The Morgan fingerprint density at radius 1 is 0.889 bits per heavy atom. The lowest BCUT2D eigenvalue weighted by Crippen LogP contribution is -2.48. The SMILES string of the molecule is CC(C)[Si](OCCCCC[C@H](C#C[Si](C)(C)C)N(C(=O)OC(C)(C)C)[C@@H](C)CCO)(C(C)C)C(C)C. The Hall–Kier alpha value is -0.816. The van der Waals surface area contributed by atoms with E-state index in [-0.39, 0.29) is 24.8 Å². The van der Waals surface area contributed by atoms with Gasteiger partial charge in [-0.25, -0.2) is 4.79 Å². The highest BCUT2D eigenvalue weighted by molar-refractivity contribution is 6.83. The Morgan fingerprint density at radius 3 is 1.83 bits per heavy atom. The molecule has 2 atom stereocenters. The highest BCUT2D eigenvalue weighted by Crippen LogP contribution is 2.42. The van der Waals surface area contributed by atoms with Crippen molar-refractivity contribution in [2.24, 2.45) is 0 Å². The van der Waals surface area contributed by atoms with Gasteiger partial charge < -0.3 is 14.3 Å². The largest absolute Gasteiger partial charge is 0.444 e. The number of carbonyl (C=O) groups is 1. The quantitative estimate of drug-likeness (QED) is 0.137. The Balaban J connectivity index is 5.48. The molecule has 0 bridgehead atoms. The number of nitrogens with zero attached hydrogens (tertiary/aromatic N) is 1. The van der Waals surface area contributed by atoms with Gasteiger partial charge >= 0.3 is 6.09 Å². The molecule has 0 saturated heterocycles. The first kappa shape index (κ1) is 35.2. The molecular weight excluding hydrogens is 482 g/mol. The van der Waals surface area contributed by atoms with Gasteiger partial charge in [-0.15, -0.1) is 5.54 Å². The second-order valence-corrected chi connectivity index (χ2v) is 23.5. The summed E-state index contributed by atoms with van der Waals surface area (Å²) in [6, 6.07) is -0.367. The van der Waals surface area contributed by atoms with Crippen molar-refractivity contribution in [1.82, 2.24) is 4.90 Å². The fraction of sp³-hybridized carbons (Fsp3) is 0.897. The smallest absolute Gasteiger partial charge is 0.411 e. The van der Waals surface area contributed by atoms with Crippen LogP contribution in [-0.2, 0) is 9.16 Å². The van der Waals surface area contributed by atoms with E-state index in [9.17, 15) is 9.90 Å². The summed E-state index contributed by atoms with van der Waals surface area (Å²) in [5, 5.41) is 9.58. The molecule has 0 aromatic rings. The molecule has 0 unspecified atom stereocenters. The van der Waals surface area contributed by atoms with E-state index in [4.69, 9.17) is 9.16 Å². The first-order valence-corrected chi connectivity index (χ1v) is 19.8. The molecule has 0 heterocycles. The van der Waals surface area contributed by atoms with Crippen LogP contribution in [-0.4, -0.2) is 63.4 Å². The molecule has 1 amide bonds. The molecule has 36 heavy (non-hydrogen) atoms. The standard InChI is InChI=1S/C29H59NO4Si2/c1-23(2)36(24(3)4,25(5)6)33-21-16-14-15-17-27(19-22-35(11,12)13)30(26(7)18-20-31)28(32)34-29(8,9)10/h23-27,31H,14-18,20-21H2,1-13H3/t26-,27+/m0/s1. The van der Waals surface area contributed by atoms with Crippen LogP contribution in [0.1, 0.15) is 101 Å². The summed E-state index contributed by atoms with van der Waals surface area (Å²) in [6.45, 7) is 29.1. The van der Waals surface area contributed by atoms with Gasteiger partial charge in [-0.05, 0) is 63.6 Å². The minimum Gasteiger partial charge on any atom is -0.444 e. The average Bonchev–Trinajstić information content (AvgIpc) is 2.68. The summed E-state index contributed by atoms with van der Waals surface area (Å²) in [7, 11) is -3.45. The summed E-state index contributed by atoms with van der Waals surface area (Å²) >= 11 is 0. The number of aliphatic hydroxyl groups excluding tert-OH is 1. The first-order valence-electron chi connectivity index (χ1n) is 14.2. The Kier molecular flexibility index (Phi) is 15.2. The fourth-order valence-corrected chi connectivity index (χ4v) is 11.3. The van der Waals surface area contributed by atoms with Crippen molar-refractivity contribution in [3.05, 3.63) is 0 Å². The minimum absolute atomic E-state index is 0.0269. The van der Waals surface area contributed by atoms with Crippen molar-refractivity contribution in [3.63, 3.8) is 0 Å². The van der Waals surface area contributed by atoms with Gasteiger partial charge in [0.05, 0.1) is 6.04 Å². The van der Waals surface area contributed by atoms with Crippen LogP contribution in [0, 0.1) is 11.5 Å². The normalized spacial score (nSPS) is 14.6. The molecule has 0 rings (SSSR count). The molecule has 0 fully saturated rings. The third-order valence-electron chi connectivity index (χ3n) is 6.76. The van der Waals surface area contributed by atoms with E-state index in [2.05, 4.69) is 72.6 Å². The van der Waals surface area contributed by atoms with Crippen LogP contribution < -0.4 is 0 Å². The van der Waals surface area contributed by atoms with Crippen LogP contribution >= 0.6 is 0 Å². The van der Waals surface area contributed by atoms with Crippen molar-refractivity contribution >= 4 is 22.5 Å². The minimum atomic E-state index is -1.83. The van der Waals surface area contributed by atoms with Crippen molar-refractivity contribution in [1.29, 1.82) is 0 Å². The van der Waals surface area contributed by atoms with Crippen LogP contribution in [0.2, 0.25) is 36.3 Å². The maximum Gasteiger partial charge on any atom is 0.411 e. The topological polar surface area (TPSA) is 59.0 Å². The van der Waals surface area contributed by atoms with Gasteiger partial charge in [-0.3, -0.25) is 4.90 Å². The molecular formula is C29H59NO4Si2. The first-order chi connectivity index (χ1) is 16.4. The van der Waals surface area contributed by atoms with Gasteiger partial charge in [-0.1, -0.05) is 79.9 Å². The highest BCUT2D eigenvalue weighted by atomic mass is 28.4. The molecule has 0 aliphatic rings. The summed E-state index contributed by atoms with van der Waals surface area (Å²) in [5.41, 5.74) is 4.68. The number of carbonyl (C=O) groups excluding carboxylic acids is 1. The Morgan fingerprint density at radius 2 is 1.42 bits per heavy atom. The van der Waals surface area contributed by atoms with E-state index in [0.29, 0.717) is 23.0 Å². The third kappa shape index (κ3) is 12.2. The second kappa shape index (κ2) is 15.6. The molecule has 0 aromatic carbocycles. The molecule has 0 spiro atoms. The van der Waals surface area contributed by atoms with E-state index in [1.807, 2.05) is 27.7 Å². The monoisotopic (exact) mass is 541 g/mol. The van der Waals surface area contributed by atoms with Crippen LogP contribution in [0.15, 0.2) is 0 Å².